The number of carbonyl (C=O) groups is 1. The highest BCUT2D eigenvalue weighted by Crippen LogP contribution is 2.46. The summed E-state index contributed by atoms with van der Waals surface area (Å²) < 4.78 is 19.1. The van der Waals surface area contributed by atoms with Crippen molar-refractivity contribution in [2.24, 2.45) is 17.8 Å². The summed E-state index contributed by atoms with van der Waals surface area (Å²) >= 11 is 0. The van der Waals surface area contributed by atoms with Gasteiger partial charge in [0.15, 0.2) is 11.6 Å². The van der Waals surface area contributed by atoms with E-state index in [9.17, 15) is 14.3 Å². The minimum atomic E-state index is -0.757. The predicted octanol–water partition coefficient (Wildman–Crippen LogP) is 4.72. The van der Waals surface area contributed by atoms with Gasteiger partial charge in [0, 0.05) is 29.3 Å². The largest absolute Gasteiger partial charge is 0.481 e. The molecule has 3 saturated carbocycles. The third kappa shape index (κ3) is 3.44. The van der Waals surface area contributed by atoms with Crippen LogP contribution in [0.15, 0.2) is 47.2 Å². The second-order valence-electron chi connectivity index (χ2n) is 8.88. The van der Waals surface area contributed by atoms with Crippen molar-refractivity contribution >= 4 is 22.8 Å². The molecular weight excluding hydrogens is 425 g/mol. The first kappa shape index (κ1) is 19.9. The lowest BCUT2D eigenvalue weighted by Crippen LogP contribution is -2.51. The molecule has 0 spiro atoms. The number of aromatic nitrogens is 4. The van der Waals surface area contributed by atoms with Crippen LogP contribution in [0.5, 0.6) is 0 Å². The van der Waals surface area contributed by atoms with Crippen LogP contribution < -0.4 is 5.32 Å². The summed E-state index contributed by atoms with van der Waals surface area (Å²) in [4.78, 5) is 28.4. The fraction of sp³-hybridized carbons (Fsp3) is 0.333. The first-order chi connectivity index (χ1) is 16.1. The Labute approximate surface area is 188 Å². The van der Waals surface area contributed by atoms with E-state index < -0.39 is 17.8 Å². The molecule has 3 aliphatic rings. The van der Waals surface area contributed by atoms with Gasteiger partial charge in [-0.15, -0.1) is 0 Å². The van der Waals surface area contributed by atoms with E-state index in [4.69, 9.17) is 9.40 Å². The molecule has 8 nitrogen and oxygen atoms in total. The molecule has 4 aromatic heterocycles. The third-order valence-corrected chi connectivity index (χ3v) is 7.06. The highest BCUT2D eigenvalue weighted by molar-refractivity contribution is 5.92. The molecule has 2 bridgehead atoms. The number of carboxylic acids is 1. The third-order valence-electron chi connectivity index (χ3n) is 7.06. The molecule has 9 heteroatoms. The maximum Gasteiger partial charge on any atom is 0.308 e. The Hall–Kier alpha value is -3.75. The van der Waals surface area contributed by atoms with E-state index in [2.05, 4.69) is 20.3 Å². The number of rotatable bonds is 5. The molecule has 168 valence electrons. The number of halogens is 1. The summed E-state index contributed by atoms with van der Waals surface area (Å²) in [6.07, 6.45) is 7.24. The normalized spacial score (nSPS) is 24.3. The Morgan fingerprint density at radius 2 is 1.94 bits per heavy atom. The van der Waals surface area contributed by atoms with E-state index in [0.29, 0.717) is 45.6 Å². The van der Waals surface area contributed by atoms with Crippen molar-refractivity contribution in [3.63, 3.8) is 0 Å². The van der Waals surface area contributed by atoms with Gasteiger partial charge in [-0.05, 0) is 61.8 Å². The second kappa shape index (κ2) is 7.68. The van der Waals surface area contributed by atoms with Crippen molar-refractivity contribution in [1.29, 1.82) is 0 Å². The first-order valence-corrected chi connectivity index (χ1v) is 11.1. The van der Waals surface area contributed by atoms with Crippen molar-refractivity contribution in [3.05, 3.63) is 48.7 Å². The highest BCUT2D eigenvalue weighted by Gasteiger charge is 2.47. The van der Waals surface area contributed by atoms with Gasteiger partial charge in [-0.25, -0.2) is 15.0 Å². The van der Waals surface area contributed by atoms with E-state index in [1.54, 1.807) is 30.7 Å². The van der Waals surface area contributed by atoms with Crippen molar-refractivity contribution in [2.45, 2.75) is 31.7 Å². The average molecular weight is 447 g/mol. The van der Waals surface area contributed by atoms with Gasteiger partial charge in [-0.3, -0.25) is 4.79 Å². The number of hydrogen-bond acceptors (Lipinski definition) is 6. The zero-order valence-corrected chi connectivity index (χ0v) is 17.7. The number of aliphatic carboxylic acids is 1. The van der Waals surface area contributed by atoms with Crippen LogP contribution in [0.25, 0.3) is 33.9 Å². The number of nitrogens with one attached hydrogen (secondary N) is 2. The van der Waals surface area contributed by atoms with Crippen molar-refractivity contribution < 1.29 is 18.7 Å². The number of fused-ring (bicyclic) bond motifs is 4. The molecule has 0 unspecified atom stereocenters. The van der Waals surface area contributed by atoms with Gasteiger partial charge in [0.2, 0.25) is 5.95 Å². The maximum absolute atomic E-state index is 13.6. The maximum atomic E-state index is 13.6. The van der Waals surface area contributed by atoms with E-state index >= 15 is 0 Å². The van der Waals surface area contributed by atoms with Crippen molar-refractivity contribution in [3.8, 4) is 22.8 Å². The van der Waals surface area contributed by atoms with Crippen LogP contribution in [0.3, 0.4) is 0 Å². The summed E-state index contributed by atoms with van der Waals surface area (Å²) in [5.41, 5.74) is 1.65. The minimum Gasteiger partial charge on any atom is -0.481 e. The highest BCUT2D eigenvalue weighted by atomic mass is 19.1. The van der Waals surface area contributed by atoms with Crippen LogP contribution in [-0.4, -0.2) is 37.1 Å². The summed E-state index contributed by atoms with van der Waals surface area (Å²) in [7, 11) is 0. The average Bonchev–Trinajstić information content (AvgIpc) is 3.49. The zero-order chi connectivity index (χ0) is 22.5. The number of carboxylic acid groups (broad SMARTS) is 1. The summed E-state index contributed by atoms with van der Waals surface area (Å²) in [6, 6.07) is 8.12. The zero-order valence-electron chi connectivity index (χ0n) is 17.7. The summed E-state index contributed by atoms with van der Waals surface area (Å²) in [5.74, 6) is 0.238. The van der Waals surface area contributed by atoms with Crippen LogP contribution in [-0.2, 0) is 4.79 Å². The molecule has 7 rings (SSSR count). The lowest BCUT2D eigenvalue weighted by molar-refractivity contribution is -0.148. The molecule has 3 N–H and O–H groups in total. The van der Waals surface area contributed by atoms with Crippen molar-refractivity contribution in [2.75, 3.05) is 5.32 Å². The monoisotopic (exact) mass is 447 g/mol. The molecule has 0 radical (unpaired) electrons. The molecule has 3 aliphatic carbocycles. The number of pyridine rings is 1. The molecule has 3 fully saturated rings. The minimum absolute atomic E-state index is 0.186. The Kier molecular flexibility index (Phi) is 4.63. The number of furan rings is 1. The quantitative estimate of drug-likeness (QED) is 0.379. The van der Waals surface area contributed by atoms with E-state index in [-0.39, 0.29) is 12.0 Å². The Morgan fingerprint density at radius 1 is 1.12 bits per heavy atom. The smallest absolute Gasteiger partial charge is 0.308 e. The second-order valence-corrected chi connectivity index (χ2v) is 8.88. The molecular formula is C24H22FN5O3. The SMILES string of the molecule is O=C(O)[C@H]1C2CCC(CC2)[C@@H]1Nc1cc(-c2ccco2)nc(-c2c[nH]c3nc(F)ccc23)n1. The number of hydrogen-bond donors (Lipinski definition) is 3. The fourth-order valence-corrected chi connectivity index (χ4v) is 5.54. The number of H-pyrrole nitrogens is 1. The summed E-state index contributed by atoms with van der Waals surface area (Å²) in [6.45, 7) is 0. The van der Waals surface area contributed by atoms with Crippen LogP contribution in [0, 0.1) is 23.7 Å². The number of aromatic amines is 1. The Morgan fingerprint density at radius 3 is 2.70 bits per heavy atom. The predicted molar refractivity (Wildman–Crippen MR) is 119 cm³/mol. The van der Waals surface area contributed by atoms with E-state index in [1.807, 2.05) is 6.07 Å². The molecule has 4 heterocycles. The Bertz CT molecular complexity index is 1330. The fourth-order valence-electron chi connectivity index (χ4n) is 5.54. The number of anilines is 1. The molecule has 0 aromatic carbocycles. The molecule has 2 atom stereocenters. The van der Waals surface area contributed by atoms with E-state index in [1.165, 1.54) is 6.07 Å². The lowest BCUT2D eigenvalue weighted by Gasteiger charge is -2.47. The van der Waals surface area contributed by atoms with Gasteiger partial charge < -0.3 is 19.8 Å². The van der Waals surface area contributed by atoms with Gasteiger partial charge in [-0.2, -0.15) is 4.39 Å². The van der Waals surface area contributed by atoms with Crippen LogP contribution >= 0.6 is 0 Å². The molecule has 0 amide bonds. The lowest BCUT2D eigenvalue weighted by atomic mass is 9.61. The standard InChI is InChI=1S/C24H22FN5O3/c25-18-8-7-14-15(11-26-22(14)28-18)23-27-16(17-2-1-9-33-17)10-19(30-23)29-21-13-5-3-12(4-6-13)20(21)24(31)32/h1-2,7-13,20-21H,3-6H2,(H,26,28)(H,31,32)(H,27,29,30)/t12?,13?,20-,21-/m0/s1. The van der Waals surface area contributed by atoms with Crippen LogP contribution in [0.2, 0.25) is 0 Å². The van der Waals surface area contributed by atoms with Gasteiger partial charge in [0.25, 0.3) is 0 Å². The van der Waals surface area contributed by atoms with Crippen LogP contribution in [0.1, 0.15) is 25.7 Å². The van der Waals surface area contributed by atoms with Crippen molar-refractivity contribution in [1.82, 2.24) is 19.9 Å². The number of nitrogens with zero attached hydrogens (tertiary/aromatic N) is 3. The van der Waals surface area contributed by atoms with E-state index in [0.717, 1.165) is 25.7 Å². The summed E-state index contributed by atoms with van der Waals surface area (Å²) in [5, 5.41) is 14.1. The molecule has 0 aliphatic heterocycles. The van der Waals surface area contributed by atoms with Crippen LogP contribution in [0.4, 0.5) is 10.2 Å². The topological polar surface area (TPSA) is 117 Å². The van der Waals surface area contributed by atoms with Gasteiger partial charge in [-0.1, -0.05) is 0 Å². The molecule has 33 heavy (non-hydrogen) atoms. The van der Waals surface area contributed by atoms with Gasteiger partial charge in [0.05, 0.1) is 12.2 Å². The molecule has 0 saturated heterocycles. The van der Waals surface area contributed by atoms with Gasteiger partial charge in [0.1, 0.15) is 17.2 Å². The van der Waals surface area contributed by atoms with Gasteiger partial charge >= 0.3 is 5.97 Å². The first-order valence-electron chi connectivity index (χ1n) is 11.1. The Balaban J connectivity index is 1.44. The molecule has 4 aromatic rings.